The van der Waals surface area contributed by atoms with Crippen LogP contribution in [0.5, 0.6) is 0 Å². The van der Waals surface area contributed by atoms with E-state index in [-0.39, 0.29) is 16.9 Å². The van der Waals surface area contributed by atoms with Gasteiger partial charge in [0.25, 0.3) is 10.0 Å². The summed E-state index contributed by atoms with van der Waals surface area (Å²) >= 11 is 0. The molecular weight excluding hydrogens is 332 g/mol. The lowest BCUT2D eigenvalue weighted by atomic mass is 10.2. The van der Waals surface area contributed by atoms with Gasteiger partial charge in [-0.3, -0.25) is 0 Å². The Morgan fingerprint density at radius 2 is 2.00 bits per heavy atom. The summed E-state index contributed by atoms with van der Waals surface area (Å²) < 4.78 is 38.8. The van der Waals surface area contributed by atoms with Gasteiger partial charge < -0.3 is 14.4 Å². The van der Waals surface area contributed by atoms with Gasteiger partial charge in [-0.15, -0.1) is 4.40 Å². The Kier molecular flexibility index (Phi) is 4.03. The van der Waals surface area contributed by atoms with Crippen molar-refractivity contribution in [1.29, 1.82) is 0 Å². The maximum Gasteiger partial charge on any atom is 0.410 e. The van der Waals surface area contributed by atoms with Crippen LogP contribution in [0.3, 0.4) is 0 Å². The summed E-state index contributed by atoms with van der Waals surface area (Å²) in [4.78, 5) is 13.8. The molecule has 24 heavy (non-hydrogen) atoms. The fourth-order valence-corrected chi connectivity index (χ4v) is 3.78. The van der Waals surface area contributed by atoms with Crippen molar-refractivity contribution < 1.29 is 22.7 Å². The lowest BCUT2D eigenvalue weighted by molar-refractivity contribution is 0.0273. The van der Waals surface area contributed by atoms with Gasteiger partial charge >= 0.3 is 6.09 Å². The summed E-state index contributed by atoms with van der Waals surface area (Å²) in [5, 5.41) is 0. The molecule has 2 heterocycles. The minimum absolute atomic E-state index is 0.0987. The highest BCUT2D eigenvalue weighted by Crippen LogP contribution is 2.28. The number of ether oxygens (including phenoxy) is 2. The van der Waals surface area contributed by atoms with Crippen LogP contribution in [0.4, 0.5) is 4.79 Å². The molecule has 1 amide bonds. The minimum Gasteiger partial charge on any atom is -0.471 e. The van der Waals surface area contributed by atoms with Gasteiger partial charge in [0.15, 0.2) is 0 Å². The molecule has 0 aliphatic carbocycles. The molecule has 3 rings (SSSR count). The first-order valence-corrected chi connectivity index (χ1v) is 9.19. The number of carbonyl (C=O) groups excluding carboxylic acids is 1. The molecule has 2 aliphatic heterocycles. The number of nitrogens with zero attached hydrogens (tertiary/aromatic N) is 2. The van der Waals surface area contributed by atoms with Crippen LogP contribution in [0.1, 0.15) is 32.8 Å². The standard InChI is InChI=1S/C16H20N2O5S/c1-16(2,3)23-15(19)18-9-8-11(10-18)22-14-12-6-4-5-7-13(12)24(20,21)17-14/h4-7,11H,8-10H2,1-3H3. The second-order valence-corrected chi connectivity index (χ2v) is 8.40. The smallest absolute Gasteiger partial charge is 0.410 e. The molecule has 1 aromatic rings. The number of carbonyl (C=O) groups is 1. The third kappa shape index (κ3) is 3.38. The number of amides is 1. The molecule has 1 fully saturated rings. The van der Waals surface area contributed by atoms with Crippen LogP contribution in [0.2, 0.25) is 0 Å². The van der Waals surface area contributed by atoms with E-state index in [1.54, 1.807) is 23.1 Å². The van der Waals surface area contributed by atoms with Gasteiger partial charge in [0.2, 0.25) is 5.90 Å². The average Bonchev–Trinajstić information content (AvgIpc) is 3.02. The maximum absolute atomic E-state index is 12.1. The lowest BCUT2D eigenvalue weighted by Gasteiger charge is -2.24. The molecule has 0 saturated carbocycles. The van der Waals surface area contributed by atoms with Gasteiger partial charge in [-0.2, -0.15) is 8.42 Å². The van der Waals surface area contributed by atoms with Crippen molar-refractivity contribution >= 4 is 22.0 Å². The van der Waals surface area contributed by atoms with E-state index in [2.05, 4.69) is 4.40 Å². The fourth-order valence-electron chi connectivity index (χ4n) is 2.64. The number of hydrogen-bond acceptors (Lipinski definition) is 5. The maximum atomic E-state index is 12.1. The number of sulfonamides is 1. The second-order valence-electron chi connectivity index (χ2n) is 6.82. The number of rotatable bonds is 1. The van der Waals surface area contributed by atoms with Crippen molar-refractivity contribution in [1.82, 2.24) is 4.90 Å². The summed E-state index contributed by atoms with van der Waals surface area (Å²) in [5.41, 5.74) is -0.0910. The number of benzene rings is 1. The van der Waals surface area contributed by atoms with Crippen molar-refractivity contribution in [2.75, 3.05) is 13.1 Å². The van der Waals surface area contributed by atoms with Gasteiger partial charge in [0, 0.05) is 13.0 Å². The Hall–Kier alpha value is -2.09. The number of likely N-dealkylation sites (tertiary alicyclic amines) is 1. The third-order valence-corrected chi connectivity index (χ3v) is 4.99. The molecule has 0 aromatic heterocycles. The highest BCUT2D eigenvalue weighted by Gasteiger charge is 2.35. The first-order valence-electron chi connectivity index (χ1n) is 7.75. The van der Waals surface area contributed by atoms with E-state index in [0.29, 0.717) is 25.1 Å². The Bertz CT molecular complexity index is 795. The van der Waals surface area contributed by atoms with E-state index in [4.69, 9.17) is 9.47 Å². The summed E-state index contributed by atoms with van der Waals surface area (Å²) in [5.74, 6) is 0.0987. The van der Waals surface area contributed by atoms with Crippen molar-refractivity contribution in [2.24, 2.45) is 4.40 Å². The molecule has 0 spiro atoms. The van der Waals surface area contributed by atoms with Gasteiger partial charge in [-0.25, -0.2) is 4.79 Å². The van der Waals surface area contributed by atoms with Crippen molar-refractivity contribution in [2.45, 2.75) is 43.8 Å². The first-order chi connectivity index (χ1) is 11.2. The summed E-state index contributed by atoms with van der Waals surface area (Å²) in [6.45, 7) is 6.27. The molecule has 0 radical (unpaired) electrons. The molecule has 2 aliphatic rings. The first kappa shape index (κ1) is 16.8. The zero-order valence-corrected chi connectivity index (χ0v) is 14.7. The highest BCUT2D eigenvalue weighted by atomic mass is 32.2. The van der Waals surface area contributed by atoms with Gasteiger partial charge in [0.1, 0.15) is 16.6 Å². The Morgan fingerprint density at radius 3 is 2.71 bits per heavy atom. The van der Waals surface area contributed by atoms with E-state index < -0.39 is 21.7 Å². The quantitative estimate of drug-likeness (QED) is 0.773. The summed E-state index contributed by atoms with van der Waals surface area (Å²) in [6, 6.07) is 6.56. The Balaban J connectivity index is 1.68. The predicted octanol–water partition coefficient (Wildman–Crippen LogP) is 2.16. The minimum atomic E-state index is -3.69. The van der Waals surface area contributed by atoms with Crippen LogP contribution in [-0.2, 0) is 19.5 Å². The van der Waals surface area contributed by atoms with Crippen molar-refractivity contribution in [3.63, 3.8) is 0 Å². The highest BCUT2D eigenvalue weighted by molar-refractivity contribution is 7.90. The van der Waals surface area contributed by atoms with Gasteiger partial charge in [0.05, 0.1) is 12.1 Å². The van der Waals surface area contributed by atoms with Gasteiger partial charge in [-0.1, -0.05) is 12.1 Å². The summed E-state index contributed by atoms with van der Waals surface area (Å²) in [6.07, 6.45) is -0.104. The second kappa shape index (κ2) is 5.77. The molecule has 1 atom stereocenters. The largest absolute Gasteiger partial charge is 0.471 e. The molecule has 1 unspecified atom stereocenters. The van der Waals surface area contributed by atoms with Crippen LogP contribution in [0, 0.1) is 0 Å². The zero-order chi connectivity index (χ0) is 17.5. The molecule has 8 heteroatoms. The van der Waals surface area contributed by atoms with Crippen molar-refractivity contribution in [3.8, 4) is 0 Å². The lowest BCUT2D eigenvalue weighted by Crippen LogP contribution is -2.36. The van der Waals surface area contributed by atoms with Crippen molar-refractivity contribution in [3.05, 3.63) is 29.8 Å². The fraction of sp³-hybridized carbons (Fsp3) is 0.500. The van der Waals surface area contributed by atoms with Crippen LogP contribution in [-0.4, -0.2) is 50.1 Å². The summed E-state index contributed by atoms with van der Waals surface area (Å²) in [7, 11) is -3.69. The molecule has 130 valence electrons. The van der Waals surface area contributed by atoms with E-state index in [1.807, 2.05) is 20.8 Å². The molecule has 1 saturated heterocycles. The van der Waals surface area contributed by atoms with Crippen LogP contribution in [0.25, 0.3) is 0 Å². The zero-order valence-electron chi connectivity index (χ0n) is 13.9. The van der Waals surface area contributed by atoms with Crippen LogP contribution in [0.15, 0.2) is 33.6 Å². The van der Waals surface area contributed by atoms with Crippen LogP contribution >= 0.6 is 0 Å². The Labute approximate surface area is 141 Å². The predicted molar refractivity (Wildman–Crippen MR) is 87.5 cm³/mol. The van der Waals surface area contributed by atoms with E-state index in [1.165, 1.54) is 6.07 Å². The third-order valence-electron chi connectivity index (χ3n) is 3.67. The monoisotopic (exact) mass is 352 g/mol. The molecular formula is C16H20N2O5S. The van der Waals surface area contributed by atoms with Crippen LogP contribution < -0.4 is 0 Å². The Morgan fingerprint density at radius 1 is 1.29 bits per heavy atom. The van der Waals surface area contributed by atoms with E-state index in [9.17, 15) is 13.2 Å². The molecule has 0 bridgehead atoms. The number of fused-ring (bicyclic) bond motifs is 1. The SMILES string of the molecule is CC(C)(C)OC(=O)N1CCC(OC2=NS(=O)(=O)c3ccccc32)C1. The number of hydrogen-bond donors (Lipinski definition) is 0. The molecule has 1 aromatic carbocycles. The van der Waals surface area contributed by atoms with E-state index in [0.717, 1.165) is 0 Å². The molecule has 0 N–H and O–H groups in total. The normalized spacial score (nSPS) is 22.0. The molecule has 7 nitrogen and oxygen atoms in total. The average molecular weight is 352 g/mol. The van der Waals surface area contributed by atoms with E-state index >= 15 is 0 Å². The topological polar surface area (TPSA) is 85.3 Å². The van der Waals surface area contributed by atoms with Gasteiger partial charge in [-0.05, 0) is 32.9 Å².